The van der Waals surface area contributed by atoms with Crippen LogP contribution in [0.1, 0.15) is 35.2 Å². The Balaban J connectivity index is 1.37. The number of carbonyl (C=O) groups excluding carboxylic acids is 1. The number of hydrogen-bond acceptors (Lipinski definition) is 4. The Bertz CT molecular complexity index is 1320. The van der Waals surface area contributed by atoms with Gasteiger partial charge in [-0.25, -0.2) is 0 Å². The quantitative estimate of drug-likeness (QED) is 0.211. The number of rotatable bonds is 9. The number of nitrogens with zero attached hydrogens (tertiary/aromatic N) is 2. The lowest BCUT2D eigenvalue weighted by Gasteiger charge is -2.16. The van der Waals surface area contributed by atoms with Crippen molar-refractivity contribution >= 4 is 17.4 Å². The SMILES string of the molecule is Cc1ccncc1-n1c(-c2ccc(Cl)cc2)ccc1-c1ccc(C(=O)CCCNC2CCOC2)cc1. The van der Waals surface area contributed by atoms with E-state index < -0.39 is 0 Å². The van der Waals surface area contributed by atoms with Gasteiger partial charge < -0.3 is 14.6 Å². The van der Waals surface area contributed by atoms with Gasteiger partial charge in [-0.1, -0.05) is 48.0 Å². The van der Waals surface area contributed by atoms with Gasteiger partial charge in [-0.15, -0.1) is 0 Å². The van der Waals surface area contributed by atoms with E-state index in [0.717, 1.165) is 71.9 Å². The second kappa shape index (κ2) is 11.2. The molecule has 4 aromatic rings. The molecule has 184 valence electrons. The van der Waals surface area contributed by atoms with Gasteiger partial charge >= 0.3 is 0 Å². The molecule has 0 spiro atoms. The normalized spacial score (nSPS) is 15.3. The van der Waals surface area contributed by atoms with Crippen LogP contribution in [0.3, 0.4) is 0 Å². The van der Waals surface area contributed by atoms with Gasteiger partial charge in [0, 0.05) is 35.9 Å². The number of aromatic nitrogens is 2. The van der Waals surface area contributed by atoms with Crippen LogP contribution in [0, 0.1) is 6.92 Å². The lowest BCUT2D eigenvalue weighted by molar-refractivity contribution is 0.0979. The predicted molar refractivity (Wildman–Crippen MR) is 145 cm³/mol. The monoisotopic (exact) mass is 499 g/mol. The molecule has 36 heavy (non-hydrogen) atoms. The van der Waals surface area contributed by atoms with Gasteiger partial charge in [0.05, 0.1) is 29.9 Å². The maximum Gasteiger partial charge on any atom is 0.162 e. The molecule has 0 saturated carbocycles. The minimum absolute atomic E-state index is 0.173. The van der Waals surface area contributed by atoms with Crippen LogP contribution in [0.15, 0.2) is 79.1 Å². The van der Waals surface area contributed by atoms with E-state index >= 15 is 0 Å². The van der Waals surface area contributed by atoms with Crippen molar-refractivity contribution in [2.24, 2.45) is 0 Å². The van der Waals surface area contributed by atoms with Crippen LogP contribution < -0.4 is 5.32 Å². The third kappa shape index (κ3) is 5.44. The average molecular weight is 500 g/mol. The van der Waals surface area contributed by atoms with Crippen molar-refractivity contribution in [1.29, 1.82) is 0 Å². The van der Waals surface area contributed by atoms with Crippen LogP contribution in [0.5, 0.6) is 0 Å². The van der Waals surface area contributed by atoms with Crippen LogP contribution in [0.25, 0.3) is 28.2 Å². The first-order valence-electron chi connectivity index (χ1n) is 12.4. The summed E-state index contributed by atoms with van der Waals surface area (Å²) < 4.78 is 7.61. The van der Waals surface area contributed by atoms with Crippen molar-refractivity contribution in [1.82, 2.24) is 14.9 Å². The standard InChI is InChI=1S/C30H30ClN3O2/c1-21-14-17-32-19-29(21)34-27(12-13-28(34)23-8-10-25(31)11-9-23)22-4-6-24(7-5-22)30(35)3-2-16-33-26-15-18-36-20-26/h4-14,17,19,26,33H,2-3,15-16,18,20H2,1H3. The highest BCUT2D eigenvalue weighted by Crippen LogP contribution is 2.34. The van der Waals surface area contributed by atoms with E-state index in [4.69, 9.17) is 16.3 Å². The first-order chi connectivity index (χ1) is 17.6. The van der Waals surface area contributed by atoms with E-state index in [-0.39, 0.29) is 5.78 Å². The summed E-state index contributed by atoms with van der Waals surface area (Å²) in [7, 11) is 0. The molecule has 1 fully saturated rings. The highest BCUT2D eigenvalue weighted by molar-refractivity contribution is 6.30. The first-order valence-corrected chi connectivity index (χ1v) is 12.8. The molecular weight excluding hydrogens is 470 g/mol. The van der Waals surface area contributed by atoms with Gasteiger partial charge in [0.1, 0.15) is 0 Å². The van der Waals surface area contributed by atoms with Gasteiger partial charge in [0.15, 0.2) is 5.78 Å². The zero-order valence-electron chi connectivity index (χ0n) is 20.4. The van der Waals surface area contributed by atoms with Crippen LogP contribution in [-0.4, -0.2) is 41.1 Å². The van der Waals surface area contributed by atoms with E-state index in [0.29, 0.717) is 17.5 Å². The summed E-state index contributed by atoms with van der Waals surface area (Å²) in [5.74, 6) is 0.173. The molecule has 1 aliphatic rings. The first kappa shape index (κ1) is 24.4. The van der Waals surface area contributed by atoms with Crippen LogP contribution in [-0.2, 0) is 4.74 Å². The Morgan fingerprint density at radius 1 is 1.03 bits per heavy atom. The van der Waals surface area contributed by atoms with E-state index in [1.807, 2.05) is 60.8 Å². The van der Waals surface area contributed by atoms with Gasteiger partial charge in [0.25, 0.3) is 0 Å². The topological polar surface area (TPSA) is 56.2 Å². The second-order valence-corrected chi connectivity index (χ2v) is 9.66. The van der Waals surface area contributed by atoms with Crippen LogP contribution in [0.2, 0.25) is 5.02 Å². The molecule has 3 heterocycles. The summed E-state index contributed by atoms with van der Waals surface area (Å²) in [4.78, 5) is 17.1. The minimum atomic E-state index is 0.173. The van der Waals surface area contributed by atoms with Crippen molar-refractivity contribution in [2.45, 2.75) is 32.2 Å². The van der Waals surface area contributed by atoms with Crippen molar-refractivity contribution in [3.8, 4) is 28.2 Å². The fourth-order valence-corrected chi connectivity index (χ4v) is 4.81. The summed E-state index contributed by atoms with van der Waals surface area (Å²) in [5.41, 5.74) is 7.09. The minimum Gasteiger partial charge on any atom is -0.380 e. The Kier molecular flexibility index (Phi) is 7.61. The average Bonchev–Trinajstić information content (AvgIpc) is 3.58. The maximum atomic E-state index is 12.8. The van der Waals surface area contributed by atoms with Crippen molar-refractivity contribution in [3.63, 3.8) is 0 Å². The molecule has 1 N–H and O–H groups in total. The molecule has 1 saturated heterocycles. The molecule has 0 radical (unpaired) electrons. The Morgan fingerprint density at radius 3 is 2.36 bits per heavy atom. The Morgan fingerprint density at radius 2 is 1.72 bits per heavy atom. The molecule has 0 aliphatic carbocycles. The summed E-state index contributed by atoms with van der Waals surface area (Å²) in [6.45, 7) is 4.52. The fraction of sp³-hybridized carbons (Fsp3) is 0.267. The molecule has 1 aliphatic heterocycles. The summed E-state index contributed by atoms with van der Waals surface area (Å²) in [6, 6.07) is 22.5. The molecule has 5 rings (SSSR count). The number of Topliss-reactive ketones (excluding diaryl/α,β-unsaturated/α-hetero) is 1. The zero-order chi connectivity index (χ0) is 24.9. The van der Waals surface area contributed by atoms with E-state index in [9.17, 15) is 4.79 Å². The largest absolute Gasteiger partial charge is 0.380 e. The lowest BCUT2D eigenvalue weighted by atomic mass is 10.0. The van der Waals surface area contributed by atoms with Gasteiger partial charge in [-0.3, -0.25) is 9.78 Å². The summed E-state index contributed by atoms with van der Waals surface area (Å²) in [6.07, 6.45) is 6.11. The number of nitrogens with one attached hydrogen (secondary N) is 1. The molecule has 0 amide bonds. The molecule has 1 unspecified atom stereocenters. The third-order valence-electron chi connectivity index (χ3n) is 6.72. The molecule has 0 bridgehead atoms. The Hall–Kier alpha value is -3.25. The highest BCUT2D eigenvalue weighted by atomic mass is 35.5. The van der Waals surface area contributed by atoms with Crippen molar-refractivity contribution < 1.29 is 9.53 Å². The second-order valence-electron chi connectivity index (χ2n) is 9.23. The molecule has 6 heteroatoms. The number of pyridine rings is 1. The maximum absolute atomic E-state index is 12.8. The number of carbonyl (C=O) groups is 1. The van der Waals surface area contributed by atoms with E-state index in [1.54, 1.807) is 6.20 Å². The number of ketones is 1. The van der Waals surface area contributed by atoms with E-state index in [2.05, 4.69) is 33.9 Å². The number of benzene rings is 2. The van der Waals surface area contributed by atoms with Gasteiger partial charge in [-0.05, 0) is 73.3 Å². The molecule has 5 nitrogen and oxygen atoms in total. The number of hydrogen-bond donors (Lipinski definition) is 1. The molecular formula is C30H30ClN3O2. The number of ether oxygens (including phenoxy) is 1. The van der Waals surface area contributed by atoms with Crippen molar-refractivity contribution in [3.05, 3.63) is 95.3 Å². The molecule has 1 atom stereocenters. The van der Waals surface area contributed by atoms with E-state index in [1.165, 1.54) is 0 Å². The smallest absolute Gasteiger partial charge is 0.162 e. The predicted octanol–water partition coefficient (Wildman–Crippen LogP) is 6.51. The fourth-order valence-electron chi connectivity index (χ4n) is 4.68. The van der Waals surface area contributed by atoms with Gasteiger partial charge in [0.2, 0.25) is 0 Å². The molecule has 2 aromatic heterocycles. The highest BCUT2D eigenvalue weighted by Gasteiger charge is 2.17. The zero-order valence-corrected chi connectivity index (χ0v) is 21.2. The lowest BCUT2D eigenvalue weighted by Crippen LogP contribution is -2.30. The van der Waals surface area contributed by atoms with Crippen LogP contribution >= 0.6 is 11.6 Å². The molecule has 2 aromatic carbocycles. The van der Waals surface area contributed by atoms with Crippen molar-refractivity contribution in [2.75, 3.05) is 19.8 Å². The third-order valence-corrected chi connectivity index (χ3v) is 6.97. The summed E-state index contributed by atoms with van der Waals surface area (Å²) >= 11 is 6.14. The summed E-state index contributed by atoms with van der Waals surface area (Å²) in [5, 5.41) is 4.18. The number of aryl methyl sites for hydroxylation is 1. The number of halogens is 1. The Labute approximate surface area is 217 Å². The van der Waals surface area contributed by atoms with Gasteiger partial charge in [-0.2, -0.15) is 0 Å². The van der Waals surface area contributed by atoms with Crippen LogP contribution in [0.4, 0.5) is 0 Å².